The van der Waals surface area contributed by atoms with E-state index in [4.69, 9.17) is 9.52 Å². The number of anilines is 1. The Kier molecular flexibility index (Phi) is 3.48. The number of benzene rings is 1. The number of carbonyl (C=O) groups is 2. The lowest BCUT2D eigenvalue weighted by molar-refractivity contribution is -0.136. The Balaban J connectivity index is 2.02. The summed E-state index contributed by atoms with van der Waals surface area (Å²) >= 11 is 0. The van der Waals surface area contributed by atoms with E-state index in [1.807, 2.05) is 31.2 Å². The molecule has 1 aromatic heterocycles. The van der Waals surface area contributed by atoms with Crippen LogP contribution >= 0.6 is 0 Å². The van der Waals surface area contributed by atoms with Gasteiger partial charge in [0.1, 0.15) is 12.2 Å². The Morgan fingerprint density at radius 1 is 1.36 bits per heavy atom. The van der Waals surface area contributed by atoms with Gasteiger partial charge in [0.2, 0.25) is 0 Å². The SMILES string of the molecule is Cc1coc(CC(=O)O)c1C(=O)N1c2ccccc2CC1C. The van der Waals surface area contributed by atoms with Crippen molar-refractivity contribution in [3.63, 3.8) is 0 Å². The molecule has 1 atom stereocenters. The molecule has 5 heteroatoms. The number of hydrogen-bond donors (Lipinski definition) is 1. The number of carboxylic acids is 1. The summed E-state index contributed by atoms with van der Waals surface area (Å²) in [7, 11) is 0. The maximum absolute atomic E-state index is 13.0. The van der Waals surface area contributed by atoms with Crippen LogP contribution in [0.25, 0.3) is 0 Å². The summed E-state index contributed by atoms with van der Waals surface area (Å²) < 4.78 is 5.28. The molecule has 3 rings (SSSR count). The molecule has 1 N–H and O–H groups in total. The highest BCUT2D eigenvalue weighted by molar-refractivity contribution is 6.09. The third kappa shape index (κ3) is 2.28. The van der Waals surface area contributed by atoms with Crippen LogP contribution in [0.4, 0.5) is 5.69 Å². The average Bonchev–Trinajstić information content (AvgIpc) is 2.97. The Labute approximate surface area is 128 Å². The monoisotopic (exact) mass is 299 g/mol. The Morgan fingerprint density at radius 2 is 2.09 bits per heavy atom. The second-order valence-electron chi connectivity index (χ2n) is 5.64. The topological polar surface area (TPSA) is 70.7 Å². The fourth-order valence-corrected chi connectivity index (χ4v) is 3.05. The van der Waals surface area contributed by atoms with Gasteiger partial charge in [-0.15, -0.1) is 0 Å². The van der Waals surface area contributed by atoms with E-state index in [1.165, 1.54) is 6.26 Å². The Morgan fingerprint density at radius 3 is 2.82 bits per heavy atom. The van der Waals surface area contributed by atoms with E-state index >= 15 is 0 Å². The zero-order chi connectivity index (χ0) is 15.9. The van der Waals surface area contributed by atoms with E-state index in [0.29, 0.717) is 11.1 Å². The fraction of sp³-hybridized carbons (Fsp3) is 0.294. The highest BCUT2D eigenvalue weighted by Crippen LogP contribution is 2.34. The molecule has 1 aliphatic rings. The summed E-state index contributed by atoms with van der Waals surface area (Å²) in [6, 6.07) is 7.83. The maximum Gasteiger partial charge on any atom is 0.311 e. The summed E-state index contributed by atoms with van der Waals surface area (Å²) in [5.41, 5.74) is 3.05. The Hall–Kier alpha value is -2.56. The standard InChI is InChI=1S/C17H17NO4/c1-10-9-22-14(8-15(19)20)16(10)17(21)18-11(2)7-12-5-3-4-6-13(12)18/h3-6,9,11H,7-8H2,1-2H3,(H,19,20). The number of rotatable bonds is 3. The third-order valence-corrected chi connectivity index (χ3v) is 4.00. The lowest BCUT2D eigenvalue weighted by atomic mass is 10.1. The van der Waals surface area contributed by atoms with E-state index in [0.717, 1.165) is 17.7 Å². The first-order valence-electron chi connectivity index (χ1n) is 7.19. The van der Waals surface area contributed by atoms with Crippen molar-refractivity contribution in [1.29, 1.82) is 0 Å². The number of carbonyl (C=O) groups excluding carboxylic acids is 1. The molecule has 114 valence electrons. The van der Waals surface area contributed by atoms with Crippen molar-refractivity contribution in [1.82, 2.24) is 0 Å². The van der Waals surface area contributed by atoms with Crippen LogP contribution in [-0.2, 0) is 17.6 Å². The van der Waals surface area contributed by atoms with Crippen molar-refractivity contribution in [2.75, 3.05) is 4.90 Å². The van der Waals surface area contributed by atoms with E-state index in [1.54, 1.807) is 11.8 Å². The molecule has 1 aliphatic heterocycles. The van der Waals surface area contributed by atoms with E-state index in [-0.39, 0.29) is 24.1 Å². The minimum atomic E-state index is -1.02. The third-order valence-electron chi connectivity index (χ3n) is 4.00. The molecular formula is C17H17NO4. The van der Waals surface area contributed by atoms with Gasteiger partial charge >= 0.3 is 5.97 Å². The molecule has 1 unspecified atom stereocenters. The highest BCUT2D eigenvalue weighted by Gasteiger charge is 2.34. The fourth-order valence-electron chi connectivity index (χ4n) is 3.05. The number of amides is 1. The van der Waals surface area contributed by atoms with Crippen LogP contribution in [-0.4, -0.2) is 23.0 Å². The number of nitrogens with zero attached hydrogens (tertiary/aromatic N) is 1. The number of aryl methyl sites for hydroxylation is 1. The van der Waals surface area contributed by atoms with Gasteiger partial charge in [-0.25, -0.2) is 0 Å². The molecule has 2 heterocycles. The van der Waals surface area contributed by atoms with Gasteiger partial charge in [0.25, 0.3) is 5.91 Å². The van der Waals surface area contributed by atoms with Gasteiger partial charge in [0, 0.05) is 17.3 Å². The van der Waals surface area contributed by atoms with Crippen LogP contribution in [0.3, 0.4) is 0 Å². The van der Waals surface area contributed by atoms with Crippen LogP contribution < -0.4 is 4.90 Å². The van der Waals surface area contributed by atoms with Crippen molar-refractivity contribution in [2.24, 2.45) is 0 Å². The number of aliphatic carboxylic acids is 1. The van der Waals surface area contributed by atoms with Crippen LogP contribution in [0.1, 0.15) is 34.2 Å². The zero-order valence-electron chi connectivity index (χ0n) is 12.5. The van der Waals surface area contributed by atoms with Crippen molar-refractivity contribution < 1.29 is 19.1 Å². The predicted molar refractivity (Wildman–Crippen MR) is 81.2 cm³/mol. The largest absolute Gasteiger partial charge is 0.481 e. The number of hydrogen-bond acceptors (Lipinski definition) is 3. The van der Waals surface area contributed by atoms with E-state index in [9.17, 15) is 9.59 Å². The molecule has 5 nitrogen and oxygen atoms in total. The van der Waals surface area contributed by atoms with Crippen LogP contribution in [0.15, 0.2) is 34.9 Å². The second-order valence-corrected chi connectivity index (χ2v) is 5.64. The second kappa shape index (κ2) is 5.33. The van der Waals surface area contributed by atoms with Gasteiger partial charge < -0.3 is 14.4 Å². The van der Waals surface area contributed by atoms with Crippen LogP contribution in [0, 0.1) is 6.92 Å². The molecule has 1 amide bonds. The summed E-state index contributed by atoms with van der Waals surface area (Å²) in [5.74, 6) is -0.996. The summed E-state index contributed by atoms with van der Waals surface area (Å²) in [4.78, 5) is 25.7. The number of carboxylic acid groups (broad SMARTS) is 1. The smallest absolute Gasteiger partial charge is 0.311 e. The number of para-hydroxylation sites is 1. The zero-order valence-corrected chi connectivity index (χ0v) is 12.5. The molecule has 0 aliphatic carbocycles. The number of fused-ring (bicyclic) bond motifs is 1. The van der Waals surface area contributed by atoms with E-state index < -0.39 is 5.97 Å². The quantitative estimate of drug-likeness (QED) is 0.946. The van der Waals surface area contributed by atoms with Crippen molar-refractivity contribution in [2.45, 2.75) is 32.7 Å². The molecule has 0 radical (unpaired) electrons. The number of furan rings is 1. The predicted octanol–water partition coefficient (Wildman–Crippen LogP) is 2.81. The van der Waals surface area contributed by atoms with Gasteiger partial charge in [-0.1, -0.05) is 18.2 Å². The van der Waals surface area contributed by atoms with Crippen molar-refractivity contribution in [3.05, 3.63) is 53.0 Å². The molecule has 2 aromatic rings. The molecule has 0 fully saturated rings. The normalized spacial score (nSPS) is 16.6. The molecule has 0 saturated carbocycles. The molecule has 22 heavy (non-hydrogen) atoms. The van der Waals surface area contributed by atoms with E-state index in [2.05, 4.69) is 0 Å². The first-order valence-corrected chi connectivity index (χ1v) is 7.19. The summed E-state index contributed by atoms with van der Waals surface area (Å²) in [6.07, 6.45) is 1.95. The molecular weight excluding hydrogens is 282 g/mol. The first kappa shape index (κ1) is 14.4. The molecule has 0 bridgehead atoms. The van der Waals surface area contributed by atoms with Gasteiger partial charge in [-0.3, -0.25) is 9.59 Å². The van der Waals surface area contributed by atoms with Gasteiger partial charge in [-0.05, 0) is 31.9 Å². The molecule has 0 spiro atoms. The average molecular weight is 299 g/mol. The Bertz CT molecular complexity index is 747. The molecule has 0 saturated heterocycles. The van der Waals surface area contributed by atoms with Gasteiger partial charge in [0.15, 0.2) is 0 Å². The van der Waals surface area contributed by atoms with Gasteiger partial charge in [0.05, 0.1) is 11.8 Å². The summed E-state index contributed by atoms with van der Waals surface area (Å²) in [5, 5.41) is 8.97. The lowest BCUT2D eigenvalue weighted by Crippen LogP contribution is -2.36. The maximum atomic E-state index is 13.0. The first-order chi connectivity index (χ1) is 10.5. The van der Waals surface area contributed by atoms with Crippen LogP contribution in [0.2, 0.25) is 0 Å². The minimum absolute atomic E-state index is 0.0388. The van der Waals surface area contributed by atoms with Crippen LogP contribution in [0.5, 0.6) is 0 Å². The summed E-state index contributed by atoms with van der Waals surface area (Å²) in [6.45, 7) is 3.75. The lowest BCUT2D eigenvalue weighted by Gasteiger charge is -2.23. The minimum Gasteiger partial charge on any atom is -0.481 e. The van der Waals surface area contributed by atoms with Gasteiger partial charge in [-0.2, -0.15) is 0 Å². The van der Waals surface area contributed by atoms with Crippen molar-refractivity contribution in [3.8, 4) is 0 Å². The highest BCUT2D eigenvalue weighted by atomic mass is 16.4. The van der Waals surface area contributed by atoms with Crippen molar-refractivity contribution >= 4 is 17.6 Å². The molecule has 1 aromatic carbocycles.